The van der Waals surface area contributed by atoms with E-state index in [0.717, 1.165) is 43.0 Å². The summed E-state index contributed by atoms with van der Waals surface area (Å²) in [6.07, 6.45) is 1.14. The summed E-state index contributed by atoms with van der Waals surface area (Å²) in [5, 5.41) is 16.7. The van der Waals surface area contributed by atoms with Gasteiger partial charge in [-0.1, -0.05) is 63.0 Å². The van der Waals surface area contributed by atoms with Crippen LogP contribution in [0.4, 0.5) is 18.9 Å². The van der Waals surface area contributed by atoms with Crippen LogP contribution in [0.2, 0.25) is 0 Å². The Morgan fingerprint density at radius 1 is 1.12 bits per heavy atom. The first-order valence-electron chi connectivity index (χ1n) is 11.4. The predicted octanol–water partition coefficient (Wildman–Crippen LogP) is 6.39. The second kappa shape index (κ2) is 9.97. The Morgan fingerprint density at radius 2 is 1.88 bits per heavy atom. The maximum Gasteiger partial charge on any atom is 0.416 e. The standard InChI is InChI=1S/C23H29F3N6OS/c1-22(2,3)20-28-18(31-33-20)14-34-21-30-29-19(32(21)17-10-5-4-6-11-17)13-27-16-9-7-8-15(12-16)23(24,25)26/h7-9,12,17,27H,4-6,10-11,13-14H2,1-3H3. The smallest absolute Gasteiger partial charge is 0.378 e. The van der Waals surface area contributed by atoms with Crippen LogP contribution in [-0.4, -0.2) is 24.9 Å². The van der Waals surface area contributed by atoms with E-state index in [0.29, 0.717) is 29.0 Å². The highest BCUT2D eigenvalue weighted by Crippen LogP contribution is 2.34. The molecule has 0 aliphatic heterocycles. The highest BCUT2D eigenvalue weighted by atomic mass is 32.2. The molecule has 0 radical (unpaired) electrons. The molecule has 11 heteroatoms. The first-order chi connectivity index (χ1) is 16.1. The average Bonchev–Trinajstić information content (AvgIpc) is 3.43. The molecular formula is C23H29F3N6OS. The lowest BCUT2D eigenvalue weighted by molar-refractivity contribution is -0.137. The van der Waals surface area contributed by atoms with Crippen LogP contribution in [0.1, 0.15) is 82.0 Å². The summed E-state index contributed by atoms with van der Waals surface area (Å²) in [6.45, 7) is 6.32. The van der Waals surface area contributed by atoms with Crippen molar-refractivity contribution >= 4 is 17.4 Å². The maximum atomic E-state index is 13.1. The van der Waals surface area contributed by atoms with Crippen LogP contribution in [0, 0.1) is 0 Å². The van der Waals surface area contributed by atoms with Crippen LogP contribution in [-0.2, 0) is 23.9 Å². The molecule has 34 heavy (non-hydrogen) atoms. The molecule has 1 aromatic carbocycles. The Bertz CT molecular complexity index is 1100. The van der Waals surface area contributed by atoms with E-state index in [1.807, 2.05) is 20.8 Å². The molecule has 0 atom stereocenters. The third kappa shape index (κ3) is 5.92. The topological polar surface area (TPSA) is 81.7 Å². The summed E-state index contributed by atoms with van der Waals surface area (Å²) in [5.74, 6) is 2.38. The van der Waals surface area contributed by atoms with Crippen molar-refractivity contribution in [1.29, 1.82) is 0 Å². The second-order valence-corrected chi connectivity index (χ2v) is 10.5. The molecule has 0 unspecified atom stereocenters. The molecule has 0 saturated heterocycles. The van der Waals surface area contributed by atoms with Crippen LogP contribution in [0.3, 0.4) is 0 Å². The quantitative estimate of drug-likeness (QED) is 0.381. The normalized spacial score (nSPS) is 15.6. The van der Waals surface area contributed by atoms with E-state index < -0.39 is 11.7 Å². The van der Waals surface area contributed by atoms with Gasteiger partial charge in [0, 0.05) is 17.1 Å². The van der Waals surface area contributed by atoms with Crippen molar-refractivity contribution in [3.05, 3.63) is 47.4 Å². The van der Waals surface area contributed by atoms with Crippen molar-refractivity contribution in [3.8, 4) is 0 Å². The third-order valence-electron chi connectivity index (χ3n) is 5.76. The summed E-state index contributed by atoms with van der Waals surface area (Å²) in [6, 6.07) is 5.46. The van der Waals surface area contributed by atoms with Gasteiger partial charge in [-0.05, 0) is 31.0 Å². The first kappa shape index (κ1) is 24.6. The van der Waals surface area contributed by atoms with E-state index in [9.17, 15) is 13.2 Å². The molecule has 2 aromatic heterocycles. The molecule has 1 aliphatic rings. The number of hydrogen-bond donors (Lipinski definition) is 1. The average molecular weight is 495 g/mol. The molecule has 0 spiro atoms. The first-order valence-corrected chi connectivity index (χ1v) is 12.4. The summed E-state index contributed by atoms with van der Waals surface area (Å²) in [5.41, 5.74) is -0.513. The number of aromatic nitrogens is 5. The third-order valence-corrected chi connectivity index (χ3v) is 6.69. The number of thioether (sulfide) groups is 1. The Labute approximate surface area is 200 Å². The van der Waals surface area contributed by atoms with E-state index in [4.69, 9.17) is 4.52 Å². The molecule has 4 rings (SSSR count). The van der Waals surface area contributed by atoms with Gasteiger partial charge in [0.2, 0.25) is 5.89 Å². The van der Waals surface area contributed by atoms with Gasteiger partial charge in [-0.3, -0.25) is 0 Å². The Kier molecular flexibility index (Phi) is 7.20. The highest BCUT2D eigenvalue weighted by Gasteiger charge is 2.30. The van der Waals surface area contributed by atoms with Crippen LogP contribution in [0.25, 0.3) is 0 Å². The fraction of sp³-hybridized carbons (Fsp3) is 0.565. The lowest BCUT2D eigenvalue weighted by Gasteiger charge is -2.25. The van der Waals surface area contributed by atoms with Crippen LogP contribution < -0.4 is 5.32 Å². The Morgan fingerprint density at radius 3 is 2.56 bits per heavy atom. The SMILES string of the molecule is CC(C)(C)c1nc(CSc2nnc(CNc3cccc(C(F)(F)F)c3)n2C2CCCCC2)no1. The Balaban J connectivity index is 1.51. The molecule has 0 bridgehead atoms. The van der Waals surface area contributed by atoms with Gasteiger partial charge in [-0.25, -0.2) is 0 Å². The van der Waals surface area contributed by atoms with Crippen molar-refractivity contribution in [2.75, 3.05) is 5.32 Å². The maximum absolute atomic E-state index is 13.1. The van der Waals surface area contributed by atoms with Gasteiger partial charge in [0.05, 0.1) is 17.9 Å². The van der Waals surface area contributed by atoms with Crippen LogP contribution in [0.15, 0.2) is 33.9 Å². The number of halogens is 3. The molecule has 184 valence electrons. The lowest BCUT2D eigenvalue weighted by Crippen LogP contribution is -2.18. The number of nitrogens with one attached hydrogen (secondary N) is 1. The Hall–Kier alpha value is -2.56. The summed E-state index contributed by atoms with van der Waals surface area (Å²) < 4.78 is 46.7. The predicted molar refractivity (Wildman–Crippen MR) is 123 cm³/mol. The van der Waals surface area contributed by atoms with Gasteiger partial charge in [-0.15, -0.1) is 10.2 Å². The van der Waals surface area contributed by atoms with Crippen LogP contribution in [0.5, 0.6) is 0 Å². The number of benzene rings is 1. The van der Waals surface area contributed by atoms with E-state index in [2.05, 4.69) is 30.2 Å². The van der Waals surface area contributed by atoms with E-state index in [-0.39, 0.29) is 18.0 Å². The van der Waals surface area contributed by atoms with E-state index in [1.165, 1.54) is 24.2 Å². The zero-order valence-corrected chi connectivity index (χ0v) is 20.3. The molecule has 0 amide bonds. The van der Waals surface area contributed by atoms with Gasteiger partial charge in [0.1, 0.15) is 0 Å². The van der Waals surface area contributed by atoms with E-state index >= 15 is 0 Å². The summed E-state index contributed by atoms with van der Waals surface area (Å²) in [7, 11) is 0. The molecule has 1 N–H and O–H groups in total. The molecule has 1 saturated carbocycles. The van der Waals surface area contributed by atoms with E-state index in [1.54, 1.807) is 6.07 Å². The van der Waals surface area contributed by atoms with Crippen molar-refractivity contribution in [1.82, 2.24) is 24.9 Å². The minimum absolute atomic E-state index is 0.222. The number of hydrogen-bond acceptors (Lipinski definition) is 7. The molecule has 1 aliphatic carbocycles. The molecule has 3 aromatic rings. The van der Waals surface area contributed by atoms with Gasteiger partial charge in [0.15, 0.2) is 16.8 Å². The minimum Gasteiger partial charge on any atom is -0.378 e. The molecule has 7 nitrogen and oxygen atoms in total. The van der Waals surface area contributed by atoms with Gasteiger partial charge >= 0.3 is 6.18 Å². The van der Waals surface area contributed by atoms with Gasteiger partial charge in [0.25, 0.3) is 0 Å². The number of anilines is 1. The summed E-state index contributed by atoms with van der Waals surface area (Å²) >= 11 is 1.49. The number of nitrogens with zero attached hydrogens (tertiary/aromatic N) is 5. The summed E-state index contributed by atoms with van der Waals surface area (Å²) in [4.78, 5) is 4.49. The van der Waals surface area contributed by atoms with Gasteiger partial charge < -0.3 is 14.4 Å². The van der Waals surface area contributed by atoms with Crippen molar-refractivity contribution < 1.29 is 17.7 Å². The van der Waals surface area contributed by atoms with Crippen molar-refractivity contribution in [2.45, 2.75) is 88.0 Å². The minimum atomic E-state index is -4.38. The largest absolute Gasteiger partial charge is 0.416 e. The van der Waals surface area contributed by atoms with Crippen molar-refractivity contribution in [3.63, 3.8) is 0 Å². The molecule has 2 heterocycles. The zero-order valence-electron chi connectivity index (χ0n) is 19.5. The van der Waals surface area contributed by atoms with Gasteiger partial charge in [-0.2, -0.15) is 18.2 Å². The lowest BCUT2D eigenvalue weighted by atomic mass is 9.95. The molecule has 1 fully saturated rings. The fourth-order valence-corrected chi connectivity index (χ4v) is 4.83. The highest BCUT2D eigenvalue weighted by molar-refractivity contribution is 7.98. The second-order valence-electron chi connectivity index (χ2n) is 9.55. The number of alkyl halides is 3. The molecular weight excluding hydrogens is 465 g/mol. The monoisotopic (exact) mass is 494 g/mol. The number of rotatable bonds is 7. The van der Waals surface area contributed by atoms with Crippen molar-refractivity contribution in [2.24, 2.45) is 0 Å². The fourth-order valence-electron chi connectivity index (χ4n) is 3.97. The zero-order chi connectivity index (χ0) is 24.3. The van der Waals surface area contributed by atoms with Crippen LogP contribution >= 0.6 is 11.8 Å².